The standard InChI is InChI=1S/C10H10BrClN2O2/c1-7-8(4-2-3-5-11)6-9(14(15)16)10(12)13-7/h2,4,6H,3,5H2,1H3. The summed E-state index contributed by atoms with van der Waals surface area (Å²) in [5.41, 5.74) is 1.24. The quantitative estimate of drug-likeness (QED) is 0.368. The van der Waals surface area contributed by atoms with Gasteiger partial charge >= 0.3 is 5.69 Å². The minimum absolute atomic E-state index is 0.0693. The maximum Gasteiger partial charge on any atom is 0.307 e. The van der Waals surface area contributed by atoms with Gasteiger partial charge in [-0.3, -0.25) is 10.1 Å². The Morgan fingerprint density at radius 1 is 1.69 bits per heavy atom. The van der Waals surface area contributed by atoms with Gasteiger partial charge in [0.2, 0.25) is 5.15 Å². The Bertz CT molecular complexity index is 435. The second-order valence-electron chi connectivity index (χ2n) is 3.11. The molecule has 0 bridgehead atoms. The third-order valence-corrected chi connectivity index (χ3v) is 2.69. The molecule has 4 nitrogen and oxygen atoms in total. The molecule has 1 aromatic heterocycles. The number of nitrogens with zero attached hydrogens (tertiary/aromatic N) is 2. The number of nitro groups is 1. The highest BCUT2D eigenvalue weighted by atomic mass is 79.9. The number of aromatic nitrogens is 1. The molecule has 0 aliphatic carbocycles. The van der Waals surface area contributed by atoms with Crippen LogP contribution >= 0.6 is 27.5 Å². The van der Waals surface area contributed by atoms with E-state index in [1.165, 1.54) is 6.07 Å². The summed E-state index contributed by atoms with van der Waals surface area (Å²) in [6.07, 6.45) is 4.60. The van der Waals surface area contributed by atoms with Crippen molar-refractivity contribution in [3.05, 3.63) is 38.7 Å². The number of halogens is 2. The Morgan fingerprint density at radius 2 is 2.38 bits per heavy atom. The molecule has 0 aliphatic rings. The zero-order valence-electron chi connectivity index (χ0n) is 8.61. The van der Waals surface area contributed by atoms with Crippen LogP contribution in [-0.4, -0.2) is 15.2 Å². The first-order valence-electron chi connectivity index (χ1n) is 4.60. The average Bonchev–Trinajstić information content (AvgIpc) is 2.21. The van der Waals surface area contributed by atoms with Crippen LogP contribution < -0.4 is 0 Å². The van der Waals surface area contributed by atoms with Gasteiger partial charge < -0.3 is 0 Å². The van der Waals surface area contributed by atoms with Gasteiger partial charge in [-0.25, -0.2) is 4.98 Å². The molecule has 0 N–H and O–H groups in total. The van der Waals surface area contributed by atoms with E-state index >= 15 is 0 Å². The van der Waals surface area contributed by atoms with Gasteiger partial charge in [0.15, 0.2) is 0 Å². The Kier molecular flexibility index (Phi) is 4.89. The summed E-state index contributed by atoms with van der Waals surface area (Å²) in [6.45, 7) is 1.77. The van der Waals surface area contributed by atoms with Gasteiger partial charge in [-0.05, 0) is 13.3 Å². The molecule has 1 aromatic rings. The van der Waals surface area contributed by atoms with Gasteiger partial charge in [0.25, 0.3) is 0 Å². The fourth-order valence-electron chi connectivity index (χ4n) is 1.15. The smallest absolute Gasteiger partial charge is 0.258 e. The van der Waals surface area contributed by atoms with E-state index in [2.05, 4.69) is 20.9 Å². The van der Waals surface area contributed by atoms with Gasteiger partial charge in [0, 0.05) is 22.7 Å². The first-order valence-corrected chi connectivity index (χ1v) is 6.10. The summed E-state index contributed by atoms with van der Waals surface area (Å²) >= 11 is 8.97. The van der Waals surface area contributed by atoms with Crippen molar-refractivity contribution in [2.75, 3.05) is 5.33 Å². The lowest BCUT2D eigenvalue weighted by molar-refractivity contribution is -0.385. The zero-order chi connectivity index (χ0) is 12.1. The molecule has 0 atom stereocenters. The van der Waals surface area contributed by atoms with Gasteiger partial charge in [-0.15, -0.1) is 0 Å². The first kappa shape index (κ1) is 13.1. The molecule has 16 heavy (non-hydrogen) atoms. The zero-order valence-corrected chi connectivity index (χ0v) is 11.0. The fourth-order valence-corrected chi connectivity index (χ4v) is 1.67. The summed E-state index contributed by atoms with van der Waals surface area (Å²) in [5.74, 6) is 0. The largest absolute Gasteiger partial charge is 0.307 e. The van der Waals surface area contributed by atoms with Gasteiger partial charge in [-0.1, -0.05) is 39.7 Å². The van der Waals surface area contributed by atoms with Gasteiger partial charge in [0.05, 0.1) is 4.92 Å². The molecule has 1 heterocycles. The Hall–Kier alpha value is -0.940. The molecule has 0 saturated heterocycles. The molecule has 0 aliphatic heterocycles. The lowest BCUT2D eigenvalue weighted by Crippen LogP contribution is -1.95. The molecule has 0 saturated carbocycles. The Labute approximate surface area is 107 Å². The minimum atomic E-state index is -0.531. The second kappa shape index (κ2) is 5.96. The molecule has 0 aromatic carbocycles. The number of rotatable bonds is 4. The van der Waals surface area contributed by atoms with Crippen LogP contribution in [0, 0.1) is 17.0 Å². The summed E-state index contributed by atoms with van der Waals surface area (Å²) in [4.78, 5) is 14.1. The predicted molar refractivity (Wildman–Crippen MR) is 68.1 cm³/mol. The molecule has 0 unspecified atom stereocenters. The molecule has 0 fully saturated rings. The van der Waals surface area contributed by atoms with Crippen LogP contribution in [0.5, 0.6) is 0 Å². The van der Waals surface area contributed by atoms with Crippen LogP contribution in [0.3, 0.4) is 0 Å². The average molecular weight is 306 g/mol. The van der Waals surface area contributed by atoms with E-state index in [4.69, 9.17) is 11.6 Å². The van der Waals surface area contributed by atoms with Crippen LogP contribution in [0.15, 0.2) is 12.1 Å². The maximum absolute atomic E-state index is 10.7. The number of aryl methyl sites for hydroxylation is 1. The number of hydrogen-bond acceptors (Lipinski definition) is 3. The summed E-state index contributed by atoms with van der Waals surface area (Å²) in [7, 11) is 0. The molecule has 86 valence electrons. The van der Waals surface area contributed by atoms with Crippen molar-refractivity contribution in [1.82, 2.24) is 4.98 Å². The van der Waals surface area contributed by atoms with E-state index in [9.17, 15) is 10.1 Å². The van der Waals surface area contributed by atoms with Crippen molar-refractivity contribution in [2.45, 2.75) is 13.3 Å². The molecule has 0 radical (unpaired) electrons. The first-order chi connectivity index (χ1) is 7.56. The Morgan fingerprint density at radius 3 is 2.94 bits per heavy atom. The Balaban J connectivity index is 3.09. The topological polar surface area (TPSA) is 56.0 Å². The number of allylic oxidation sites excluding steroid dienone is 1. The van der Waals surface area contributed by atoms with Crippen LogP contribution in [0.1, 0.15) is 17.7 Å². The molecule has 0 spiro atoms. The molecule has 6 heteroatoms. The van der Waals surface area contributed by atoms with E-state index in [0.717, 1.165) is 17.3 Å². The molecule has 0 amide bonds. The van der Waals surface area contributed by atoms with Crippen LogP contribution in [0.2, 0.25) is 5.15 Å². The monoisotopic (exact) mass is 304 g/mol. The van der Waals surface area contributed by atoms with Crippen LogP contribution in [0.25, 0.3) is 6.08 Å². The van der Waals surface area contributed by atoms with Crippen LogP contribution in [-0.2, 0) is 0 Å². The van der Waals surface area contributed by atoms with Gasteiger partial charge in [0.1, 0.15) is 0 Å². The fraction of sp³-hybridized carbons (Fsp3) is 0.300. The lowest BCUT2D eigenvalue weighted by atomic mass is 10.1. The van der Waals surface area contributed by atoms with Crippen molar-refractivity contribution >= 4 is 39.3 Å². The van der Waals surface area contributed by atoms with Gasteiger partial charge in [-0.2, -0.15) is 0 Å². The maximum atomic E-state index is 10.7. The van der Waals surface area contributed by atoms with Crippen LogP contribution in [0.4, 0.5) is 5.69 Å². The van der Waals surface area contributed by atoms with E-state index in [1.807, 2.05) is 12.2 Å². The predicted octanol–water partition coefficient (Wildman–Crippen LogP) is 3.75. The summed E-state index contributed by atoms with van der Waals surface area (Å²) < 4.78 is 0. The molecular weight excluding hydrogens is 295 g/mol. The lowest BCUT2D eigenvalue weighted by Gasteiger charge is -2.01. The molecular formula is C10H10BrClN2O2. The van der Waals surface area contributed by atoms with Crippen molar-refractivity contribution in [2.24, 2.45) is 0 Å². The van der Waals surface area contributed by atoms with Crippen molar-refractivity contribution in [1.29, 1.82) is 0 Å². The highest BCUT2D eigenvalue weighted by Gasteiger charge is 2.15. The van der Waals surface area contributed by atoms with E-state index in [0.29, 0.717) is 5.69 Å². The third-order valence-electron chi connectivity index (χ3n) is 1.96. The van der Waals surface area contributed by atoms with Crippen molar-refractivity contribution in [3.8, 4) is 0 Å². The van der Waals surface area contributed by atoms with Crippen molar-refractivity contribution < 1.29 is 4.92 Å². The minimum Gasteiger partial charge on any atom is -0.258 e. The van der Waals surface area contributed by atoms with E-state index in [1.54, 1.807) is 6.92 Å². The van der Waals surface area contributed by atoms with E-state index < -0.39 is 4.92 Å². The normalized spacial score (nSPS) is 10.9. The summed E-state index contributed by atoms with van der Waals surface area (Å²) in [6, 6.07) is 1.44. The highest BCUT2D eigenvalue weighted by Crippen LogP contribution is 2.25. The second-order valence-corrected chi connectivity index (χ2v) is 4.26. The summed E-state index contributed by atoms with van der Waals surface area (Å²) in [5, 5.41) is 11.4. The molecule has 1 rings (SSSR count). The van der Waals surface area contributed by atoms with E-state index in [-0.39, 0.29) is 10.8 Å². The number of alkyl halides is 1. The van der Waals surface area contributed by atoms with Crippen molar-refractivity contribution in [3.63, 3.8) is 0 Å². The highest BCUT2D eigenvalue weighted by molar-refractivity contribution is 9.09. The SMILES string of the molecule is Cc1nc(Cl)c([N+](=O)[O-])cc1C=CCCBr. The third kappa shape index (κ3) is 3.28. The number of hydrogen-bond donors (Lipinski definition) is 0. The number of pyridine rings is 1.